The Kier molecular flexibility index (Phi) is 6.47. The highest BCUT2D eigenvalue weighted by atomic mass is 32.2. The summed E-state index contributed by atoms with van der Waals surface area (Å²) in [6.45, 7) is 0.840. The van der Waals surface area contributed by atoms with Crippen molar-refractivity contribution >= 4 is 33.3 Å². The van der Waals surface area contributed by atoms with Crippen LogP contribution in [0.15, 0.2) is 53.4 Å². The second-order valence-corrected chi connectivity index (χ2v) is 8.13. The Bertz CT molecular complexity index is 986. The summed E-state index contributed by atoms with van der Waals surface area (Å²) in [6.07, 6.45) is 1.18. The van der Waals surface area contributed by atoms with Gasteiger partial charge in [-0.1, -0.05) is 12.1 Å². The Morgan fingerprint density at radius 1 is 1.07 bits per heavy atom. The zero-order chi connectivity index (χ0) is 20.9. The number of benzene rings is 2. The standard InChI is InChI=1S/C19H22N4O5S/c20-29(26,27)16-8-6-14(7-9-16)23-19(25)21-12-13-3-1-4-15(11-13)22-18(24)17-5-2-10-28-17/h1,3-4,6-9,11,17H,2,5,10,12H2,(H,22,24)(H2,20,26,27)(H2,21,23,25). The molecule has 1 atom stereocenters. The van der Waals surface area contributed by atoms with Crippen LogP contribution < -0.4 is 21.1 Å². The van der Waals surface area contributed by atoms with Crippen LogP contribution in [0.4, 0.5) is 16.2 Å². The van der Waals surface area contributed by atoms with Crippen LogP contribution in [0, 0.1) is 0 Å². The highest BCUT2D eigenvalue weighted by molar-refractivity contribution is 7.89. The Labute approximate surface area is 168 Å². The fourth-order valence-corrected chi connectivity index (χ4v) is 3.37. The summed E-state index contributed by atoms with van der Waals surface area (Å²) >= 11 is 0. The number of rotatable bonds is 6. The maximum absolute atomic E-state index is 12.1. The van der Waals surface area contributed by atoms with E-state index in [2.05, 4.69) is 16.0 Å². The molecule has 154 valence electrons. The summed E-state index contributed by atoms with van der Waals surface area (Å²) in [7, 11) is -3.78. The third-order valence-corrected chi connectivity index (χ3v) is 5.24. The van der Waals surface area contributed by atoms with E-state index in [0.717, 1.165) is 12.0 Å². The van der Waals surface area contributed by atoms with E-state index in [0.29, 0.717) is 24.4 Å². The number of hydrogen-bond donors (Lipinski definition) is 4. The molecule has 3 amide bonds. The van der Waals surface area contributed by atoms with E-state index in [1.54, 1.807) is 18.2 Å². The lowest BCUT2D eigenvalue weighted by Gasteiger charge is -2.12. The van der Waals surface area contributed by atoms with Gasteiger partial charge in [-0.3, -0.25) is 4.79 Å². The Hall–Kier alpha value is -2.95. The van der Waals surface area contributed by atoms with Gasteiger partial charge in [-0.25, -0.2) is 18.4 Å². The number of carbonyl (C=O) groups is 2. The van der Waals surface area contributed by atoms with E-state index in [4.69, 9.17) is 9.88 Å². The number of anilines is 2. The molecule has 1 aliphatic heterocycles. The van der Waals surface area contributed by atoms with Crippen LogP contribution in [0.2, 0.25) is 0 Å². The number of urea groups is 1. The van der Waals surface area contributed by atoms with Gasteiger partial charge in [0, 0.05) is 24.5 Å². The van der Waals surface area contributed by atoms with Crippen molar-refractivity contribution in [1.29, 1.82) is 0 Å². The molecule has 1 unspecified atom stereocenters. The van der Waals surface area contributed by atoms with Crippen LogP contribution >= 0.6 is 0 Å². The van der Waals surface area contributed by atoms with E-state index in [-0.39, 0.29) is 17.3 Å². The van der Waals surface area contributed by atoms with Crippen molar-refractivity contribution in [3.8, 4) is 0 Å². The molecule has 0 saturated carbocycles. The molecule has 0 spiro atoms. The number of sulfonamides is 1. The monoisotopic (exact) mass is 418 g/mol. The second kappa shape index (κ2) is 9.03. The predicted molar refractivity (Wildman–Crippen MR) is 108 cm³/mol. The average Bonchev–Trinajstić information content (AvgIpc) is 3.21. The van der Waals surface area contributed by atoms with Crippen LogP contribution in [0.5, 0.6) is 0 Å². The molecule has 1 aliphatic rings. The molecule has 1 heterocycles. The van der Waals surface area contributed by atoms with Gasteiger partial charge in [0.15, 0.2) is 0 Å². The van der Waals surface area contributed by atoms with E-state index < -0.39 is 22.2 Å². The van der Waals surface area contributed by atoms with Crippen molar-refractivity contribution < 1.29 is 22.7 Å². The number of nitrogens with one attached hydrogen (secondary N) is 3. The third kappa shape index (κ3) is 6.01. The lowest BCUT2D eigenvalue weighted by atomic mass is 10.2. The number of amides is 3. The highest BCUT2D eigenvalue weighted by Gasteiger charge is 2.23. The number of carbonyl (C=O) groups excluding carboxylic acids is 2. The fourth-order valence-electron chi connectivity index (χ4n) is 2.85. The average molecular weight is 418 g/mol. The zero-order valence-electron chi connectivity index (χ0n) is 15.6. The summed E-state index contributed by atoms with van der Waals surface area (Å²) in [5, 5.41) is 13.2. The first-order valence-electron chi connectivity index (χ1n) is 9.00. The highest BCUT2D eigenvalue weighted by Crippen LogP contribution is 2.16. The molecule has 29 heavy (non-hydrogen) atoms. The Morgan fingerprint density at radius 3 is 2.48 bits per heavy atom. The summed E-state index contributed by atoms with van der Waals surface area (Å²) in [5.74, 6) is -0.173. The van der Waals surface area contributed by atoms with E-state index in [1.165, 1.54) is 24.3 Å². The number of ether oxygens (including phenoxy) is 1. The van der Waals surface area contributed by atoms with Gasteiger partial charge in [0.1, 0.15) is 6.10 Å². The third-order valence-electron chi connectivity index (χ3n) is 4.31. The van der Waals surface area contributed by atoms with E-state index in [9.17, 15) is 18.0 Å². The number of hydrogen-bond acceptors (Lipinski definition) is 5. The molecule has 1 saturated heterocycles. The lowest BCUT2D eigenvalue weighted by molar-refractivity contribution is -0.124. The van der Waals surface area contributed by atoms with Crippen molar-refractivity contribution in [1.82, 2.24) is 5.32 Å². The molecule has 0 bridgehead atoms. The minimum absolute atomic E-state index is 0.0367. The van der Waals surface area contributed by atoms with Gasteiger partial charge in [0.25, 0.3) is 5.91 Å². The van der Waals surface area contributed by atoms with Gasteiger partial charge in [0.05, 0.1) is 4.90 Å². The van der Waals surface area contributed by atoms with Crippen molar-refractivity contribution in [2.24, 2.45) is 5.14 Å². The SMILES string of the molecule is NS(=O)(=O)c1ccc(NC(=O)NCc2cccc(NC(=O)C3CCCO3)c2)cc1. The molecular weight excluding hydrogens is 396 g/mol. The summed E-state index contributed by atoms with van der Waals surface area (Å²) in [5.41, 5.74) is 1.85. The molecule has 10 heteroatoms. The quantitative estimate of drug-likeness (QED) is 0.566. The van der Waals surface area contributed by atoms with Crippen molar-refractivity contribution in [2.75, 3.05) is 17.2 Å². The van der Waals surface area contributed by atoms with Gasteiger partial charge in [-0.2, -0.15) is 0 Å². The van der Waals surface area contributed by atoms with Gasteiger partial charge >= 0.3 is 6.03 Å². The fraction of sp³-hybridized carbons (Fsp3) is 0.263. The zero-order valence-corrected chi connectivity index (χ0v) is 16.4. The van der Waals surface area contributed by atoms with Gasteiger partial charge < -0.3 is 20.7 Å². The van der Waals surface area contributed by atoms with E-state index >= 15 is 0 Å². The summed E-state index contributed by atoms with van der Waals surface area (Å²) < 4.78 is 27.8. The molecule has 5 N–H and O–H groups in total. The minimum Gasteiger partial charge on any atom is -0.368 e. The Balaban J connectivity index is 1.51. The maximum Gasteiger partial charge on any atom is 0.319 e. The minimum atomic E-state index is -3.78. The number of nitrogens with two attached hydrogens (primary N) is 1. The molecule has 9 nitrogen and oxygen atoms in total. The molecule has 1 fully saturated rings. The van der Waals surface area contributed by atoms with E-state index in [1.807, 2.05) is 6.07 Å². The Morgan fingerprint density at radius 2 is 1.83 bits per heavy atom. The van der Waals surface area contributed by atoms with Crippen LogP contribution in [0.3, 0.4) is 0 Å². The van der Waals surface area contributed by atoms with Crippen LogP contribution in [0.1, 0.15) is 18.4 Å². The van der Waals surface area contributed by atoms with Crippen molar-refractivity contribution in [2.45, 2.75) is 30.4 Å². The topological polar surface area (TPSA) is 140 Å². The van der Waals surface area contributed by atoms with Crippen LogP contribution in [-0.2, 0) is 26.1 Å². The molecule has 2 aromatic rings. The molecule has 0 aromatic heterocycles. The summed E-state index contributed by atoms with van der Waals surface area (Å²) in [6, 6.07) is 12.2. The van der Waals surface area contributed by atoms with Crippen LogP contribution in [0.25, 0.3) is 0 Å². The largest absolute Gasteiger partial charge is 0.368 e. The van der Waals surface area contributed by atoms with Crippen LogP contribution in [-0.4, -0.2) is 33.1 Å². The first-order valence-corrected chi connectivity index (χ1v) is 10.5. The molecule has 2 aromatic carbocycles. The molecule has 3 rings (SSSR count). The van der Waals surface area contributed by atoms with Crippen molar-refractivity contribution in [3.05, 3.63) is 54.1 Å². The smallest absolute Gasteiger partial charge is 0.319 e. The van der Waals surface area contributed by atoms with Gasteiger partial charge in [-0.05, 0) is 54.8 Å². The first kappa shape index (κ1) is 20.8. The molecular formula is C19H22N4O5S. The van der Waals surface area contributed by atoms with Crippen molar-refractivity contribution in [3.63, 3.8) is 0 Å². The maximum atomic E-state index is 12.1. The predicted octanol–water partition coefficient (Wildman–Crippen LogP) is 1.77. The first-order chi connectivity index (χ1) is 13.8. The second-order valence-electron chi connectivity index (χ2n) is 6.57. The summed E-state index contributed by atoms with van der Waals surface area (Å²) in [4.78, 5) is 24.1. The normalized spacial score (nSPS) is 16.2. The van der Waals surface area contributed by atoms with Gasteiger partial charge in [0.2, 0.25) is 10.0 Å². The molecule has 0 aliphatic carbocycles. The van der Waals surface area contributed by atoms with Gasteiger partial charge in [-0.15, -0.1) is 0 Å². The lowest BCUT2D eigenvalue weighted by Crippen LogP contribution is -2.28. The number of primary sulfonamides is 1. The molecule has 0 radical (unpaired) electrons.